The molecule has 0 bridgehead atoms. The number of hydrogen-bond donors (Lipinski definition) is 0. The van der Waals surface area contributed by atoms with Crippen LogP contribution in [0.1, 0.15) is 18.5 Å². The highest BCUT2D eigenvalue weighted by atomic mass is 79.9. The average Bonchev–Trinajstić information content (AvgIpc) is 2.09. The first kappa shape index (κ1) is 10.4. The molecule has 1 aromatic heterocycles. The van der Waals surface area contributed by atoms with Gasteiger partial charge >= 0.3 is 0 Å². The number of carbonyl (C=O) groups excluding carboxylic acids is 1. The highest BCUT2D eigenvalue weighted by Gasteiger charge is 2.08. The Morgan fingerprint density at radius 3 is 3.08 bits per heavy atom. The zero-order valence-electron chi connectivity index (χ0n) is 6.79. The van der Waals surface area contributed by atoms with Gasteiger partial charge < -0.3 is 0 Å². The van der Waals surface area contributed by atoms with Gasteiger partial charge in [-0.1, -0.05) is 11.6 Å². The van der Waals surface area contributed by atoms with Gasteiger partial charge in [-0.15, -0.1) is 0 Å². The fourth-order valence-corrected chi connectivity index (χ4v) is 1.61. The van der Waals surface area contributed by atoms with Crippen LogP contribution in [0.4, 0.5) is 0 Å². The first-order chi connectivity index (χ1) is 6.15. The highest BCUT2D eigenvalue weighted by Crippen LogP contribution is 2.26. The second-order valence-corrected chi connectivity index (χ2v) is 3.67. The van der Waals surface area contributed by atoms with E-state index in [1.807, 2.05) is 0 Å². The van der Waals surface area contributed by atoms with E-state index in [1.165, 1.54) is 6.08 Å². The van der Waals surface area contributed by atoms with Crippen molar-refractivity contribution in [2.45, 2.75) is 13.0 Å². The van der Waals surface area contributed by atoms with Crippen molar-refractivity contribution in [3.63, 3.8) is 0 Å². The lowest BCUT2D eigenvalue weighted by Gasteiger charge is -2.06. The van der Waals surface area contributed by atoms with E-state index in [9.17, 15) is 4.79 Å². The maximum atomic E-state index is 10.0. The lowest BCUT2D eigenvalue weighted by atomic mass is 10.1. The van der Waals surface area contributed by atoms with E-state index in [2.05, 4.69) is 25.9 Å². The summed E-state index contributed by atoms with van der Waals surface area (Å²) in [4.78, 5) is 17.5. The predicted octanol–water partition coefficient (Wildman–Crippen LogP) is 2.89. The van der Waals surface area contributed by atoms with Crippen molar-refractivity contribution >= 4 is 33.6 Å². The number of aromatic nitrogens is 1. The van der Waals surface area contributed by atoms with Gasteiger partial charge in [0.25, 0.3) is 0 Å². The number of pyridine rings is 1. The molecule has 1 heterocycles. The van der Waals surface area contributed by atoms with Crippen LogP contribution in [0.25, 0.3) is 0 Å². The molecule has 1 rings (SSSR count). The summed E-state index contributed by atoms with van der Waals surface area (Å²) in [6.45, 7) is 1.78. The summed E-state index contributed by atoms with van der Waals surface area (Å²) in [5.74, 6) is 0. The quantitative estimate of drug-likeness (QED) is 0.467. The maximum Gasteiger partial charge on any atom is 0.235 e. The molecule has 0 amide bonds. The molecule has 0 aromatic carbocycles. The summed E-state index contributed by atoms with van der Waals surface area (Å²) < 4.78 is 0.781. The molecule has 0 radical (unpaired) electrons. The van der Waals surface area contributed by atoms with E-state index < -0.39 is 0 Å². The fraction of sp³-hybridized carbons (Fsp3) is 0.250. The monoisotopic (exact) mass is 260 g/mol. The minimum absolute atomic E-state index is 0.257. The van der Waals surface area contributed by atoms with E-state index in [0.29, 0.717) is 5.15 Å². The van der Waals surface area contributed by atoms with Crippen LogP contribution in [0.2, 0.25) is 5.15 Å². The molecule has 0 aliphatic heterocycles. The third-order valence-electron chi connectivity index (χ3n) is 1.55. The molecule has 1 unspecified atom stereocenters. The molecule has 0 aliphatic rings. The summed E-state index contributed by atoms with van der Waals surface area (Å²) in [6, 6.07) is 1.41. The molecule has 5 heteroatoms. The first-order valence-corrected chi connectivity index (χ1v) is 4.70. The molecule has 3 nitrogen and oxygen atoms in total. The lowest BCUT2D eigenvalue weighted by Crippen LogP contribution is -1.92. The van der Waals surface area contributed by atoms with Crippen LogP contribution in [-0.4, -0.2) is 11.1 Å². The topological polar surface area (TPSA) is 42.3 Å². The van der Waals surface area contributed by atoms with Crippen LogP contribution >= 0.6 is 27.5 Å². The van der Waals surface area contributed by atoms with Gasteiger partial charge in [-0.3, -0.25) is 0 Å². The Kier molecular flexibility index (Phi) is 3.60. The molecule has 0 saturated carbocycles. The summed E-state index contributed by atoms with van der Waals surface area (Å²) in [5, 5.41) is 0.381. The largest absolute Gasteiger partial charge is 0.243 e. The van der Waals surface area contributed by atoms with E-state index in [1.54, 1.807) is 19.2 Å². The first-order valence-electron chi connectivity index (χ1n) is 3.53. The fourth-order valence-electron chi connectivity index (χ4n) is 0.896. The van der Waals surface area contributed by atoms with Crippen molar-refractivity contribution in [2.75, 3.05) is 0 Å². The van der Waals surface area contributed by atoms with Gasteiger partial charge in [-0.2, -0.15) is 4.99 Å². The molecule has 0 saturated heterocycles. The van der Waals surface area contributed by atoms with Gasteiger partial charge in [0, 0.05) is 10.7 Å². The van der Waals surface area contributed by atoms with Gasteiger partial charge in [0.2, 0.25) is 6.08 Å². The van der Waals surface area contributed by atoms with Crippen LogP contribution in [0, 0.1) is 0 Å². The molecule has 1 atom stereocenters. The third kappa shape index (κ3) is 2.62. The Labute approximate surface area is 89.0 Å². The van der Waals surface area contributed by atoms with Crippen molar-refractivity contribution in [3.8, 4) is 0 Å². The number of halogens is 2. The van der Waals surface area contributed by atoms with Crippen molar-refractivity contribution < 1.29 is 4.79 Å². The Balaban J connectivity index is 3.12. The lowest BCUT2D eigenvalue weighted by molar-refractivity contribution is 0.559. The summed E-state index contributed by atoms with van der Waals surface area (Å²) in [5.41, 5.74) is 0.823. The van der Waals surface area contributed by atoms with Crippen molar-refractivity contribution in [1.29, 1.82) is 0 Å². The number of rotatable bonds is 2. The molecule has 0 N–H and O–H groups in total. The predicted molar refractivity (Wildman–Crippen MR) is 53.5 cm³/mol. The number of aliphatic imine (C=N–C) groups is 1. The second-order valence-electron chi connectivity index (χ2n) is 2.42. The van der Waals surface area contributed by atoms with Crippen LogP contribution < -0.4 is 0 Å². The SMILES string of the molecule is CC(N=C=O)c1cc(Cl)ncc1Br. The van der Waals surface area contributed by atoms with Crippen LogP contribution in [0.5, 0.6) is 0 Å². The average molecular weight is 262 g/mol. The molecular formula is C8H6BrClN2O. The standard InChI is InChI=1S/C8H6BrClN2O/c1-5(12-4-13)6-2-8(10)11-3-7(6)9/h2-3,5H,1H3. The van der Waals surface area contributed by atoms with Gasteiger partial charge in [0.15, 0.2) is 0 Å². The number of hydrogen-bond acceptors (Lipinski definition) is 3. The van der Waals surface area contributed by atoms with Gasteiger partial charge in [0.05, 0.1) is 6.04 Å². The van der Waals surface area contributed by atoms with E-state index in [4.69, 9.17) is 11.6 Å². The van der Waals surface area contributed by atoms with Crippen LogP contribution in [0.3, 0.4) is 0 Å². The molecule has 1 aromatic rings. The third-order valence-corrected chi connectivity index (χ3v) is 2.42. The Morgan fingerprint density at radius 2 is 2.46 bits per heavy atom. The Bertz CT molecular complexity index is 363. The van der Waals surface area contributed by atoms with Gasteiger partial charge in [-0.25, -0.2) is 9.78 Å². The highest BCUT2D eigenvalue weighted by molar-refractivity contribution is 9.10. The zero-order chi connectivity index (χ0) is 9.84. The summed E-state index contributed by atoms with van der Waals surface area (Å²) >= 11 is 8.98. The minimum atomic E-state index is -0.257. The van der Waals surface area contributed by atoms with Crippen molar-refractivity contribution in [1.82, 2.24) is 4.98 Å². The molecule has 0 aliphatic carbocycles. The second kappa shape index (κ2) is 4.51. The molecular weight excluding hydrogens is 255 g/mol. The normalized spacial score (nSPS) is 11.9. The smallest absolute Gasteiger partial charge is 0.235 e. The number of nitrogens with zero attached hydrogens (tertiary/aromatic N) is 2. The van der Waals surface area contributed by atoms with Gasteiger partial charge in [-0.05, 0) is 34.5 Å². The van der Waals surface area contributed by atoms with E-state index >= 15 is 0 Å². The van der Waals surface area contributed by atoms with Gasteiger partial charge in [0.1, 0.15) is 5.15 Å². The van der Waals surface area contributed by atoms with Crippen LogP contribution in [-0.2, 0) is 4.79 Å². The summed E-state index contributed by atoms with van der Waals surface area (Å²) in [7, 11) is 0. The minimum Gasteiger partial charge on any atom is -0.243 e. The summed E-state index contributed by atoms with van der Waals surface area (Å²) in [6.07, 6.45) is 3.08. The number of isocyanates is 1. The zero-order valence-corrected chi connectivity index (χ0v) is 9.13. The molecule has 68 valence electrons. The Hall–Kier alpha value is -0.700. The van der Waals surface area contributed by atoms with E-state index in [0.717, 1.165) is 10.0 Å². The van der Waals surface area contributed by atoms with Crippen molar-refractivity contribution in [3.05, 3.63) is 27.5 Å². The molecule has 13 heavy (non-hydrogen) atoms. The van der Waals surface area contributed by atoms with E-state index in [-0.39, 0.29) is 6.04 Å². The maximum absolute atomic E-state index is 10.0. The Morgan fingerprint density at radius 1 is 1.77 bits per heavy atom. The van der Waals surface area contributed by atoms with Crippen molar-refractivity contribution in [2.24, 2.45) is 4.99 Å². The molecule has 0 fully saturated rings. The molecule has 0 spiro atoms. The van der Waals surface area contributed by atoms with Crippen LogP contribution in [0.15, 0.2) is 21.7 Å².